The highest BCUT2D eigenvalue weighted by molar-refractivity contribution is 5.98. The summed E-state index contributed by atoms with van der Waals surface area (Å²) >= 11 is 0. The van der Waals surface area contributed by atoms with Crippen LogP contribution in [0.5, 0.6) is 5.75 Å². The molecule has 31 heavy (non-hydrogen) atoms. The van der Waals surface area contributed by atoms with Gasteiger partial charge in [-0.05, 0) is 62.6 Å². The Labute approximate surface area is 184 Å². The average molecular weight is 425 g/mol. The quantitative estimate of drug-likeness (QED) is 0.633. The number of hydrogen-bond donors (Lipinski definition) is 1. The Morgan fingerprint density at radius 2 is 1.77 bits per heavy atom. The van der Waals surface area contributed by atoms with Gasteiger partial charge >= 0.3 is 6.09 Å². The molecule has 0 saturated carbocycles. The molecule has 2 aromatic rings. The average Bonchev–Trinajstić information content (AvgIpc) is 2.71. The van der Waals surface area contributed by atoms with E-state index in [1.807, 2.05) is 30.3 Å². The van der Waals surface area contributed by atoms with E-state index in [0.29, 0.717) is 17.9 Å². The highest BCUT2D eigenvalue weighted by Crippen LogP contribution is 2.20. The highest BCUT2D eigenvalue weighted by atomic mass is 16.6. The van der Waals surface area contributed by atoms with Crippen LogP contribution in [0.15, 0.2) is 61.2 Å². The highest BCUT2D eigenvalue weighted by Gasteiger charge is 2.27. The van der Waals surface area contributed by atoms with Crippen molar-refractivity contribution >= 4 is 17.7 Å². The van der Waals surface area contributed by atoms with Crippen LogP contribution in [0.1, 0.15) is 31.9 Å². The van der Waals surface area contributed by atoms with Crippen LogP contribution in [-0.2, 0) is 22.4 Å². The van der Waals surface area contributed by atoms with E-state index in [0.717, 1.165) is 17.5 Å². The van der Waals surface area contributed by atoms with Gasteiger partial charge in [-0.1, -0.05) is 30.3 Å². The second-order valence-electron chi connectivity index (χ2n) is 8.31. The van der Waals surface area contributed by atoms with Gasteiger partial charge in [-0.2, -0.15) is 0 Å². The summed E-state index contributed by atoms with van der Waals surface area (Å²) < 4.78 is 10.6. The van der Waals surface area contributed by atoms with Crippen molar-refractivity contribution in [1.29, 1.82) is 0 Å². The SMILES string of the molecule is C=CCc1cccc(CC(NC(=O)OC(C)(C)C)C(=O)N(C)c2ccc(OC)cc2)c1. The molecule has 2 rings (SSSR count). The molecule has 1 atom stereocenters. The number of likely N-dealkylation sites (N-methyl/N-ethyl adjacent to an activating group) is 1. The van der Waals surface area contributed by atoms with E-state index in [2.05, 4.69) is 11.9 Å². The molecule has 0 radical (unpaired) electrons. The lowest BCUT2D eigenvalue weighted by molar-refractivity contribution is -0.120. The number of anilines is 1. The maximum Gasteiger partial charge on any atom is 0.408 e. The number of rotatable bonds is 8. The molecule has 0 aromatic heterocycles. The monoisotopic (exact) mass is 424 g/mol. The molecule has 0 aliphatic rings. The van der Waals surface area contributed by atoms with E-state index in [9.17, 15) is 9.59 Å². The summed E-state index contributed by atoms with van der Waals surface area (Å²) in [7, 11) is 3.27. The Balaban J connectivity index is 2.26. The van der Waals surface area contributed by atoms with Crippen molar-refractivity contribution in [3.05, 3.63) is 72.3 Å². The predicted octanol–water partition coefficient (Wildman–Crippen LogP) is 4.52. The topological polar surface area (TPSA) is 67.9 Å². The number of methoxy groups -OCH3 is 1. The Morgan fingerprint density at radius 3 is 2.35 bits per heavy atom. The van der Waals surface area contributed by atoms with Crippen LogP contribution in [0.2, 0.25) is 0 Å². The van der Waals surface area contributed by atoms with Gasteiger partial charge in [0.1, 0.15) is 17.4 Å². The van der Waals surface area contributed by atoms with Crippen LogP contribution in [0, 0.1) is 0 Å². The molecule has 0 aliphatic carbocycles. The number of alkyl carbamates (subject to hydrolysis) is 1. The Bertz CT molecular complexity index is 900. The standard InChI is InChI=1S/C25H32N2O4/c1-7-9-18-10-8-11-19(16-18)17-22(26-24(29)31-25(2,3)4)23(28)27(5)20-12-14-21(30-6)15-13-20/h7-8,10-16,22H,1,9,17H2,2-6H3,(H,26,29). The first-order valence-corrected chi connectivity index (χ1v) is 10.2. The number of amides is 2. The first-order valence-electron chi connectivity index (χ1n) is 10.2. The number of benzene rings is 2. The lowest BCUT2D eigenvalue weighted by Gasteiger charge is -2.27. The predicted molar refractivity (Wildman–Crippen MR) is 124 cm³/mol. The fourth-order valence-corrected chi connectivity index (χ4v) is 3.10. The summed E-state index contributed by atoms with van der Waals surface area (Å²) in [5, 5.41) is 2.75. The van der Waals surface area contributed by atoms with Crippen molar-refractivity contribution in [2.24, 2.45) is 0 Å². The Morgan fingerprint density at radius 1 is 1.13 bits per heavy atom. The normalized spacial score (nSPS) is 11.9. The van der Waals surface area contributed by atoms with Crippen LogP contribution in [0.4, 0.5) is 10.5 Å². The maximum atomic E-state index is 13.3. The zero-order valence-corrected chi connectivity index (χ0v) is 19.0. The third kappa shape index (κ3) is 7.48. The van der Waals surface area contributed by atoms with Crippen LogP contribution in [-0.4, -0.2) is 37.8 Å². The molecule has 0 bridgehead atoms. The lowest BCUT2D eigenvalue weighted by atomic mass is 10.0. The summed E-state index contributed by atoms with van der Waals surface area (Å²) in [5.74, 6) is 0.456. The van der Waals surface area contributed by atoms with Crippen LogP contribution in [0.25, 0.3) is 0 Å². The first kappa shape index (κ1) is 24.0. The van der Waals surface area contributed by atoms with Crippen LogP contribution >= 0.6 is 0 Å². The molecule has 166 valence electrons. The summed E-state index contributed by atoms with van der Waals surface area (Å²) in [4.78, 5) is 27.3. The summed E-state index contributed by atoms with van der Waals surface area (Å²) in [6.07, 6.45) is 2.27. The lowest BCUT2D eigenvalue weighted by Crippen LogP contribution is -2.50. The molecule has 6 heteroatoms. The van der Waals surface area contributed by atoms with Gasteiger partial charge in [-0.3, -0.25) is 4.79 Å². The number of nitrogens with zero attached hydrogens (tertiary/aromatic N) is 1. The van der Waals surface area contributed by atoms with E-state index < -0.39 is 17.7 Å². The van der Waals surface area contributed by atoms with E-state index in [1.54, 1.807) is 59.2 Å². The minimum absolute atomic E-state index is 0.245. The molecular weight excluding hydrogens is 392 g/mol. The molecule has 0 heterocycles. The molecule has 0 saturated heterocycles. The van der Waals surface area contributed by atoms with Crippen molar-refractivity contribution in [2.45, 2.75) is 45.3 Å². The molecule has 6 nitrogen and oxygen atoms in total. The van der Waals surface area contributed by atoms with Gasteiger partial charge in [0.2, 0.25) is 5.91 Å². The van der Waals surface area contributed by atoms with Crippen LogP contribution in [0.3, 0.4) is 0 Å². The summed E-state index contributed by atoms with van der Waals surface area (Å²) in [6.45, 7) is 9.12. The molecule has 2 aromatic carbocycles. The van der Waals surface area contributed by atoms with Gasteiger partial charge in [-0.25, -0.2) is 4.79 Å². The van der Waals surface area contributed by atoms with Crippen molar-refractivity contribution in [2.75, 3.05) is 19.1 Å². The van der Waals surface area contributed by atoms with Crippen molar-refractivity contribution in [3.8, 4) is 5.75 Å². The minimum atomic E-state index is -0.791. The van der Waals surface area contributed by atoms with Crippen molar-refractivity contribution < 1.29 is 19.1 Å². The number of allylic oxidation sites excluding steroid dienone is 1. The molecule has 0 fully saturated rings. The number of hydrogen-bond acceptors (Lipinski definition) is 4. The molecule has 0 spiro atoms. The molecule has 2 amide bonds. The second kappa shape index (κ2) is 10.7. The second-order valence-corrected chi connectivity index (χ2v) is 8.31. The maximum absolute atomic E-state index is 13.3. The van der Waals surface area contributed by atoms with E-state index in [4.69, 9.17) is 9.47 Å². The van der Waals surface area contributed by atoms with Gasteiger partial charge in [0.15, 0.2) is 0 Å². The molecule has 1 unspecified atom stereocenters. The van der Waals surface area contributed by atoms with Crippen LogP contribution < -0.4 is 15.0 Å². The third-order valence-corrected chi connectivity index (χ3v) is 4.59. The molecule has 0 aliphatic heterocycles. The van der Waals surface area contributed by atoms with Crippen molar-refractivity contribution in [1.82, 2.24) is 5.32 Å². The van der Waals surface area contributed by atoms with Crippen molar-refractivity contribution in [3.63, 3.8) is 0 Å². The summed E-state index contributed by atoms with van der Waals surface area (Å²) in [5.41, 5.74) is 2.07. The number of carbonyl (C=O) groups excluding carboxylic acids is 2. The van der Waals surface area contributed by atoms with E-state index >= 15 is 0 Å². The minimum Gasteiger partial charge on any atom is -0.497 e. The molecular formula is C25H32N2O4. The third-order valence-electron chi connectivity index (χ3n) is 4.59. The zero-order chi connectivity index (χ0) is 23.0. The number of carbonyl (C=O) groups is 2. The fourth-order valence-electron chi connectivity index (χ4n) is 3.10. The van der Waals surface area contributed by atoms with E-state index in [-0.39, 0.29) is 5.91 Å². The first-order chi connectivity index (χ1) is 14.6. The number of ether oxygens (including phenoxy) is 2. The largest absolute Gasteiger partial charge is 0.497 e. The smallest absolute Gasteiger partial charge is 0.408 e. The zero-order valence-electron chi connectivity index (χ0n) is 19.0. The molecule has 1 N–H and O–H groups in total. The summed E-state index contributed by atoms with van der Waals surface area (Å²) in [6, 6.07) is 14.3. The van der Waals surface area contributed by atoms with Gasteiger partial charge in [-0.15, -0.1) is 6.58 Å². The van der Waals surface area contributed by atoms with Gasteiger partial charge in [0, 0.05) is 19.2 Å². The van der Waals surface area contributed by atoms with Gasteiger partial charge in [0.05, 0.1) is 7.11 Å². The fraction of sp³-hybridized carbons (Fsp3) is 0.360. The number of nitrogens with one attached hydrogen (secondary N) is 1. The Kier molecular flexibility index (Phi) is 8.25. The van der Waals surface area contributed by atoms with Gasteiger partial charge < -0.3 is 19.7 Å². The Hall–Kier alpha value is -3.28. The van der Waals surface area contributed by atoms with Gasteiger partial charge in [0.25, 0.3) is 0 Å². The van der Waals surface area contributed by atoms with E-state index in [1.165, 1.54) is 4.90 Å².